The number of benzene rings is 2. The molecule has 0 atom stereocenters. The minimum Gasteiger partial charge on any atom is -0.380 e. The van der Waals surface area contributed by atoms with E-state index in [0.717, 1.165) is 12.1 Å². The lowest BCUT2D eigenvalue weighted by Crippen LogP contribution is -2.15. The number of halogens is 1. The second kappa shape index (κ2) is 7.36. The molecule has 0 fully saturated rings. The van der Waals surface area contributed by atoms with Crippen LogP contribution >= 0.6 is 11.6 Å². The average molecular weight is 365 g/mol. The van der Waals surface area contributed by atoms with Crippen LogP contribution in [0.2, 0.25) is 5.02 Å². The Bertz CT molecular complexity index is 899. The predicted molar refractivity (Wildman–Crippen MR) is 87.3 cm³/mol. The van der Waals surface area contributed by atoms with E-state index in [4.69, 9.17) is 17.3 Å². The van der Waals surface area contributed by atoms with E-state index >= 15 is 0 Å². The average Bonchev–Trinajstić information content (AvgIpc) is 2.59. The molecule has 128 valence electrons. The van der Waals surface area contributed by atoms with Crippen molar-refractivity contribution in [3.63, 3.8) is 0 Å². The van der Waals surface area contributed by atoms with Crippen molar-refractivity contribution in [1.82, 2.24) is 0 Å². The summed E-state index contributed by atoms with van der Waals surface area (Å²) in [5.74, 6) is -1.28. The molecule has 10 nitrogen and oxygen atoms in total. The first kappa shape index (κ1) is 17.8. The monoisotopic (exact) mass is 364 g/mol. The summed E-state index contributed by atoms with van der Waals surface area (Å²) in [6.07, 6.45) is 0. The van der Waals surface area contributed by atoms with Gasteiger partial charge in [0.05, 0.1) is 15.4 Å². The number of oxime groups is 1. The number of carbonyl (C=O) groups excluding carboxylic acids is 1. The summed E-state index contributed by atoms with van der Waals surface area (Å²) in [7, 11) is 0. The Morgan fingerprint density at radius 1 is 1.08 bits per heavy atom. The highest BCUT2D eigenvalue weighted by Gasteiger charge is 2.17. The number of hydrogen-bond acceptors (Lipinski definition) is 7. The number of rotatable bonds is 5. The Balaban J connectivity index is 2.19. The molecule has 0 aromatic heterocycles. The smallest absolute Gasteiger partial charge is 0.366 e. The highest BCUT2D eigenvalue weighted by Crippen LogP contribution is 2.25. The lowest BCUT2D eigenvalue weighted by molar-refractivity contribution is -0.385. The second-order valence-electron chi connectivity index (χ2n) is 4.59. The topological polar surface area (TPSA) is 151 Å². The minimum absolute atomic E-state index is 0.138. The van der Waals surface area contributed by atoms with Crippen molar-refractivity contribution in [2.24, 2.45) is 10.9 Å². The molecule has 0 aliphatic carbocycles. The Labute approximate surface area is 144 Å². The first-order valence-electron chi connectivity index (χ1n) is 6.53. The maximum Gasteiger partial charge on any atom is 0.366 e. The van der Waals surface area contributed by atoms with E-state index in [1.165, 1.54) is 30.3 Å². The fraction of sp³-hybridized carbons (Fsp3) is 0. The molecule has 0 radical (unpaired) electrons. The molecule has 0 spiro atoms. The number of non-ortho nitro benzene ring substituents is 1. The zero-order valence-corrected chi connectivity index (χ0v) is 13.0. The van der Waals surface area contributed by atoms with Crippen LogP contribution < -0.4 is 5.73 Å². The summed E-state index contributed by atoms with van der Waals surface area (Å²) >= 11 is 5.65. The summed E-state index contributed by atoms with van der Waals surface area (Å²) < 4.78 is 0. The number of nitrogens with zero attached hydrogens (tertiary/aromatic N) is 3. The molecule has 0 amide bonds. The third kappa shape index (κ3) is 4.26. The summed E-state index contributed by atoms with van der Waals surface area (Å²) in [5.41, 5.74) is 4.94. The third-order valence-corrected chi connectivity index (χ3v) is 3.28. The van der Waals surface area contributed by atoms with Crippen molar-refractivity contribution in [3.8, 4) is 0 Å². The van der Waals surface area contributed by atoms with E-state index in [1.807, 2.05) is 0 Å². The fourth-order valence-corrected chi connectivity index (χ4v) is 1.94. The van der Waals surface area contributed by atoms with Crippen molar-refractivity contribution in [1.29, 1.82) is 0 Å². The fourth-order valence-electron chi connectivity index (χ4n) is 1.75. The Morgan fingerprint density at radius 2 is 1.80 bits per heavy atom. The zero-order chi connectivity index (χ0) is 18.6. The molecule has 0 unspecified atom stereocenters. The van der Waals surface area contributed by atoms with Crippen LogP contribution in [0.1, 0.15) is 15.9 Å². The molecule has 2 aromatic rings. The molecule has 2 N–H and O–H groups in total. The molecule has 0 bridgehead atoms. The normalized spacial score (nSPS) is 11.0. The summed E-state index contributed by atoms with van der Waals surface area (Å²) in [6.45, 7) is 0. The van der Waals surface area contributed by atoms with Crippen molar-refractivity contribution in [2.75, 3.05) is 0 Å². The molecule has 0 heterocycles. The molecule has 0 aliphatic rings. The molecular weight excluding hydrogens is 356 g/mol. The minimum atomic E-state index is -1.01. The van der Waals surface area contributed by atoms with Crippen molar-refractivity contribution < 1.29 is 19.5 Å². The van der Waals surface area contributed by atoms with E-state index in [-0.39, 0.29) is 27.7 Å². The highest BCUT2D eigenvalue weighted by atomic mass is 35.5. The van der Waals surface area contributed by atoms with Crippen LogP contribution in [0.4, 0.5) is 11.4 Å². The maximum atomic E-state index is 11.9. The number of amidine groups is 1. The predicted octanol–water partition coefficient (Wildman–Crippen LogP) is 2.63. The quantitative estimate of drug-likeness (QED) is 0.281. The first-order valence-corrected chi connectivity index (χ1v) is 6.91. The summed E-state index contributed by atoms with van der Waals surface area (Å²) in [5, 5.41) is 24.8. The molecule has 0 saturated carbocycles. The van der Waals surface area contributed by atoms with E-state index < -0.39 is 21.5 Å². The van der Waals surface area contributed by atoms with Crippen LogP contribution in [0, 0.1) is 20.2 Å². The van der Waals surface area contributed by atoms with Gasteiger partial charge in [-0.05, 0) is 12.1 Å². The van der Waals surface area contributed by atoms with Gasteiger partial charge in [0.15, 0.2) is 5.84 Å². The Hall–Kier alpha value is -3.53. The van der Waals surface area contributed by atoms with E-state index in [1.54, 1.807) is 0 Å². The van der Waals surface area contributed by atoms with Crippen molar-refractivity contribution in [3.05, 3.63) is 78.8 Å². The van der Waals surface area contributed by atoms with Crippen LogP contribution in [-0.2, 0) is 4.84 Å². The third-order valence-electron chi connectivity index (χ3n) is 2.96. The van der Waals surface area contributed by atoms with Gasteiger partial charge in [-0.15, -0.1) is 0 Å². The van der Waals surface area contributed by atoms with E-state index in [9.17, 15) is 25.0 Å². The van der Waals surface area contributed by atoms with Gasteiger partial charge in [0, 0.05) is 23.8 Å². The molecule has 25 heavy (non-hydrogen) atoms. The molecule has 2 rings (SSSR count). The van der Waals surface area contributed by atoms with E-state index in [2.05, 4.69) is 9.99 Å². The summed E-state index contributed by atoms with van der Waals surface area (Å²) in [4.78, 5) is 36.6. The SMILES string of the molecule is N/C(=N\OC(=O)c1ccc(Cl)c([N+](=O)[O-])c1)c1cccc([N+](=O)[O-])c1. The Kier molecular flexibility index (Phi) is 5.25. The standard InChI is InChI=1S/C14H9ClN4O6/c15-11-5-4-9(7-12(11)19(23)24)14(20)25-17-13(16)8-2-1-3-10(6-8)18(21)22/h1-7H,(H2,16,17). The summed E-state index contributed by atoms with van der Waals surface area (Å²) in [6, 6.07) is 8.56. The lowest BCUT2D eigenvalue weighted by atomic mass is 10.2. The van der Waals surface area contributed by atoms with Crippen LogP contribution in [0.25, 0.3) is 0 Å². The first-order chi connectivity index (χ1) is 11.8. The van der Waals surface area contributed by atoms with Gasteiger partial charge in [0.25, 0.3) is 11.4 Å². The number of nitro groups is 2. The largest absolute Gasteiger partial charge is 0.380 e. The highest BCUT2D eigenvalue weighted by molar-refractivity contribution is 6.32. The van der Waals surface area contributed by atoms with Crippen LogP contribution in [-0.4, -0.2) is 21.7 Å². The number of nitrogens with two attached hydrogens (primary N) is 1. The van der Waals surface area contributed by atoms with Crippen molar-refractivity contribution in [2.45, 2.75) is 0 Å². The van der Waals surface area contributed by atoms with Crippen LogP contribution in [0.3, 0.4) is 0 Å². The number of carbonyl (C=O) groups is 1. The van der Waals surface area contributed by atoms with Gasteiger partial charge in [-0.2, -0.15) is 0 Å². The molecular formula is C14H9ClN4O6. The van der Waals surface area contributed by atoms with Gasteiger partial charge < -0.3 is 10.6 Å². The zero-order valence-electron chi connectivity index (χ0n) is 12.3. The van der Waals surface area contributed by atoms with E-state index in [0.29, 0.717) is 0 Å². The Morgan fingerprint density at radius 3 is 2.44 bits per heavy atom. The van der Waals surface area contributed by atoms with Gasteiger partial charge in [0.2, 0.25) is 0 Å². The van der Waals surface area contributed by atoms with Crippen LogP contribution in [0.5, 0.6) is 0 Å². The van der Waals surface area contributed by atoms with Gasteiger partial charge in [0.1, 0.15) is 5.02 Å². The number of nitro benzene ring substituents is 2. The van der Waals surface area contributed by atoms with Gasteiger partial charge >= 0.3 is 5.97 Å². The molecule has 0 saturated heterocycles. The number of hydrogen-bond donors (Lipinski definition) is 1. The molecule has 2 aromatic carbocycles. The van der Waals surface area contributed by atoms with Gasteiger partial charge in [-0.1, -0.05) is 28.9 Å². The van der Waals surface area contributed by atoms with Crippen molar-refractivity contribution >= 4 is 34.8 Å². The van der Waals surface area contributed by atoms with Gasteiger partial charge in [-0.25, -0.2) is 4.79 Å². The van der Waals surface area contributed by atoms with Crippen LogP contribution in [0.15, 0.2) is 47.6 Å². The maximum absolute atomic E-state index is 11.9. The lowest BCUT2D eigenvalue weighted by Gasteiger charge is -2.02. The molecule has 0 aliphatic heterocycles. The van der Waals surface area contributed by atoms with Gasteiger partial charge in [-0.3, -0.25) is 20.2 Å². The molecule has 11 heteroatoms. The second-order valence-corrected chi connectivity index (χ2v) is 4.99.